The zero-order chi connectivity index (χ0) is 30.1. The number of halogens is 4. The summed E-state index contributed by atoms with van der Waals surface area (Å²) >= 11 is 5.78. The van der Waals surface area contributed by atoms with E-state index < -0.39 is 23.4 Å². The fraction of sp³-hybridized carbons (Fsp3) is 0.219. The van der Waals surface area contributed by atoms with Crippen molar-refractivity contribution in [3.63, 3.8) is 0 Å². The predicted octanol–water partition coefficient (Wildman–Crippen LogP) is 7.22. The van der Waals surface area contributed by atoms with Gasteiger partial charge in [-0.05, 0) is 73.0 Å². The number of carboxylic acids is 1. The van der Waals surface area contributed by atoms with Crippen LogP contribution in [0.4, 0.5) is 13.2 Å². The van der Waals surface area contributed by atoms with Gasteiger partial charge < -0.3 is 19.1 Å². The first-order valence-corrected chi connectivity index (χ1v) is 14.0. The van der Waals surface area contributed by atoms with Crippen LogP contribution in [0.3, 0.4) is 0 Å². The van der Waals surface area contributed by atoms with Crippen molar-refractivity contribution in [2.45, 2.75) is 38.5 Å². The third-order valence-corrected chi connectivity index (χ3v) is 7.64. The molecular weight excluding hydrogens is 583 g/mol. The van der Waals surface area contributed by atoms with Gasteiger partial charge in [0.1, 0.15) is 24.1 Å². The highest BCUT2D eigenvalue weighted by molar-refractivity contribution is 6.30. The van der Waals surface area contributed by atoms with Gasteiger partial charge in [0, 0.05) is 35.7 Å². The van der Waals surface area contributed by atoms with Crippen molar-refractivity contribution >= 4 is 28.6 Å². The zero-order valence-electron chi connectivity index (χ0n) is 22.7. The lowest BCUT2D eigenvalue weighted by atomic mass is 10.0. The number of pyridine rings is 1. The Balaban J connectivity index is 1.24. The zero-order valence-corrected chi connectivity index (χ0v) is 23.5. The van der Waals surface area contributed by atoms with Gasteiger partial charge in [0.15, 0.2) is 5.82 Å². The van der Waals surface area contributed by atoms with E-state index in [0.29, 0.717) is 29.0 Å². The molecule has 1 saturated heterocycles. The van der Waals surface area contributed by atoms with Crippen LogP contribution >= 0.6 is 11.6 Å². The third kappa shape index (κ3) is 6.21. The molecule has 1 fully saturated rings. The number of imidazole rings is 1. The second-order valence-electron chi connectivity index (χ2n) is 10.3. The molecule has 0 radical (unpaired) electrons. The first-order chi connectivity index (χ1) is 20.7. The van der Waals surface area contributed by atoms with Crippen LogP contribution < -0.4 is 4.74 Å². The molecule has 0 unspecified atom stereocenters. The lowest BCUT2D eigenvalue weighted by molar-refractivity contribution is -0.0563. The molecule has 1 atom stereocenters. The maximum Gasteiger partial charge on any atom is 0.335 e. The molecule has 11 heteroatoms. The van der Waals surface area contributed by atoms with Crippen LogP contribution in [0.25, 0.3) is 22.3 Å². The smallest absolute Gasteiger partial charge is 0.335 e. The summed E-state index contributed by atoms with van der Waals surface area (Å²) in [4.78, 5) is 20.4. The van der Waals surface area contributed by atoms with E-state index in [9.17, 15) is 18.7 Å². The van der Waals surface area contributed by atoms with Gasteiger partial charge in [0.05, 0.1) is 28.4 Å². The van der Waals surface area contributed by atoms with Crippen LogP contribution in [0.2, 0.25) is 5.02 Å². The molecule has 6 rings (SSSR count). The predicted molar refractivity (Wildman–Crippen MR) is 154 cm³/mol. The largest absolute Gasteiger partial charge is 0.478 e. The van der Waals surface area contributed by atoms with Gasteiger partial charge in [0.25, 0.3) is 5.88 Å². The molecule has 0 spiro atoms. The van der Waals surface area contributed by atoms with Gasteiger partial charge >= 0.3 is 5.97 Å². The van der Waals surface area contributed by atoms with Gasteiger partial charge in [-0.3, -0.25) is 0 Å². The van der Waals surface area contributed by atoms with E-state index in [1.165, 1.54) is 30.3 Å². The number of ether oxygens (including phenoxy) is 2. The van der Waals surface area contributed by atoms with E-state index in [0.717, 1.165) is 31.6 Å². The number of fused-ring (bicyclic) bond motifs is 1. The van der Waals surface area contributed by atoms with Crippen molar-refractivity contribution in [2.75, 3.05) is 6.61 Å². The number of carboxylic acid groups (broad SMARTS) is 1. The third-order valence-electron chi connectivity index (χ3n) is 7.41. The minimum atomic E-state index is -1.03. The highest BCUT2D eigenvalue weighted by Gasteiger charge is 2.21. The Labute approximate surface area is 249 Å². The van der Waals surface area contributed by atoms with Gasteiger partial charge in [-0.15, -0.1) is 0 Å². The van der Waals surface area contributed by atoms with E-state index in [1.807, 2.05) is 4.57 Å². The molecule has 0 saturated carbocycles. The number of aromatic carboxylic acids is 1. The Morgan fingerprint density at radius 3 is 2.56 bits per heavy atom. The quantitative estimate of drug-likeness (QED) is 0.180. The first kappa shape index (κ1) is 28.7. The van der Waals surface area contributed by atoms with E-state index in [4.69, 9.17) is 26.1 Å². The Bertz CT molecular complexity index is 1840. The number of aromatic nitrogens is 3. The summed E-state index contributed by atoms with van der Waals surface area (Å²) in [5.74, 6) is -2.71. The molecule has 220 valence electrons. The molecule has 0 bridgehead atoms. The molecule has 3 aromatic carbocycles. The maximum atomic E-state index is 15.4. The number of benzene rings is 3. The second kappa shape index (κ2) is 12.1. The molecule has 0 amide bonds. The number of nitrogens with zero attached hydrogens (tertiary/aromatic N) is 3. The standard InChI is InChI=1S/C32H25ClF3N3O4/c33-21-4-2-20(25(35)16-21)17-43-31-24(34)6-8-27(38-31)23-5-1-18(13-26(23)36)14-30-37-28-7-3-19(32(40)41)15-29(28)39(30)11-9-22-10-12-42-22/h1-8,13,15-16,22H,9-12,14,17H2,(H,40,41)/t22-/m1/s1. The van der Waals surface area contributed by atoms with E-state index in [1.54, 1.807) is 24.3 Å². The summed E-state index contributed by atoms with van der Waals surface area (Å²) in [6.07, 6.45) is 2.15. The molecule has 1 N–H and O–H groups in total. The number of rotatable bonds is 10. The monoisotopic (exact) mass is 607 g/mol. The average molecular weight is 608 g/mol. The Kier molecular flexibility index (Phi) is 8.05. The van der Waals surface area contributed by atoms with Gasteiger partial charge in [0.2, 0.25) is 0 Å². The summed E-state index contributed by atoms with van der Waals surface area (Å²) in [5.41, 5.74) is 2.56. The molecule has 1 aliphatic rings. The molecule has 2 aromatic heterocycles. The Morgan fingerprint density at radius 2 is 1.84 bits per heavy atom. The lowest BCUT2D eigenvalue weighted by Gasteiger charge is -2.26. The summed E-state index contributed by atoms with van der Waals surface area (Å²) in [6, 6.07) is 15.9. The number of aryl methyl sites for hydroxylation is 1. The van der Waals surface area contributed by atoms with Crippen LogP contribution in [0.5, 0.6) is 5.88 Å². The van der Waals surface area contributed by atoms with Crippen molar-refractivity contribution in [1.29, 1.82) is 0 Å². The number of hydrogen-bond donors (Lipinski definition) is 1. The van der Waals surface area contributed by atoms with Gasteiger partial charge in [-0.1, -0.05) is 23.7 Å². The Morgan fingerprint density at radius 1 is 1.00 bits per heavy atom. The normalized spacial score (nSPS) is 14.6. The summed E-state index contributed by atoms with van der Waals surface area (Å²) in [6.45, 7) is 1.01. The van der Waals surface area contributed by atoms with Gasteiger partial charge in [-0.25, -0.2) is 27.9 Å². The van der Waals surface area contributed by atoms with Gasteiger partial charge in [-0.2, -0.15) is 0 Å². The molecule has 5 aromatic rings. The van der Waals surface area contributed by atoms with Crippen LogP contribution in [0.1, 0.15) is 40.2 Å². The second-order valence-corrected chi connectivity index (χ2v) is 10.7. The van der Waals surface area contributed by atoms with E-state index >= 15 is 4.39 Å². The van der Waals surface area contributed by atoms with Crippen molar-refractivity contribution in [3.05, 3.63) is 112 Å². The summed E-state index contributed by atoms with van der Waals surface area (Å²) < 4.78 is 56.9. The fourth-order valence-electron chi connectivity index (χ4n) is 4.99. The van der Waals surface area contributed by atoms with Crippen molar-refractivity contribution in [2.24, 2.45) is 0 Å². The minimum Gasteiger partial charge on any atom is -0.478 e. The topological polar surface area (TPSA) is 86.5 Å². The van der Waals surface area contributed by atoms with E-state index in [2.05, 4.69) is 4.98 Å². The van der Waals surface area contributed by atoms with Crippen molar-refractivity contribution in [1.82, 2.24) is 14.5 Å². The average Bonchev–Trinajstić information content (AvgIpc) is 3.29. The van der Waals surface area contributed by atoms with Crippen LogP contribution in [0.15, 0.2) is 66.7 Å². The van der Waals surface area contributed by atoms with E-state index in [-0.39, 0.29) is 52.4 Å². The first-order valence-electron chi connectivity index (χ1n) is 13.6. The van der Waals surface area contributed by atoms with Crippen molar-refractivity contribution < 1.29 is 32.5 Å². The fourth-order valence-corrected chi connectivity index (χ4v) is 5.15. The van der Waals surface area contributed by atoms with Crippen LogP contribution in [-0.4, -0.2) is 38.3 Å². The number of carbonyl (C=O) groups is 1. The molecule has 1 aliphatic heterocycles. The highest BCUT2D eigenvalue weighted by Crippen LogP contribution is 2.28. The molecular formula is C32H25ClF3N3O4. The Hall–Kier alpha value is -4.41. The molecule has 0 aliphatic carbocycles. The van der Waals surface area contributed by atoms with Crippen LogP contribution in [-0.2, 0) is 24.3 Å². The van der Waals surface area contributed by atoms with Crippen LogP contribution in [0, 0.1) is 17.5 Å². The summed E-state index contributed by atoms with van der Waals surface area (Å²) in [5, 5.41) is 9.70. The number of hydrogen-bond acceptors (Lipinski definition) is 5. The SMILES string of the molecule is O=C(O)c1ccc2nc(Cc3ccc(-c4ccc(F)c(OCc5ccc(Cl)cc5F)n4)c(F)c3)n(CC[C@@H]3CCO3)c2c1. The molecule has 3 heterocycles. The van der Waals surface area contributed by atoms with Crippen molar-refractivity contribution in [3.8, 4) is 17.1 Å². The maximum absolute atomic E-state index is 15.4. The molecule has 43 heavy (non-hydrogen) atoms. The minimum absolute atomic E-state index is 0.132. The molecule has 7 nitrogen and oxygen atoms in total. The lowest BCUT2D eigenvalue weighted by Crippen LogP contribution is -2.28. The summed E-state index contributed by atoms with van der Waals surface area (Å²) in [7, 11) is 0. The highest BCUT2D eigenvalue weighted by atomic mass is 35.5.